The van der Waals surface area contributed by atoms with Gasteiger partial charge in [0.2, 0.25) is 0 Å². The molecule has 1 fully saturated rings. The van der Waals surface area contributed by atoms with Gasteiger partial charge in [0.05, 0.1) is 0 Å². The van der Waals surface area contributed by atoms with Crippen LogP contribution in [0, 0.1) is 22.7 Å². The highest BCUT2D eigenvalue weighted by atomic mass is 16.1. The third-order valence-corrected chi connectivity index (χ3v) is 3.02. The van der Waals surface area contributed by atoms with Crippen LogP contribution in [0.25, 0.3) is 0 Å². The van der Waals surface area contributed by atoms with Crippen LogP contribution in [0.1, 0.15) is 33.1 Å². The maximum atomic E-state index is 10.7. The first-order valence-electron chi connectivity index (χ1n) is 4.74. The number of rotatable bonds is 3. The molecule has 3 heteroatoms. The van der Waals surface area contributed by atoms with Crippen LogP contribution in [-0.4, -0.2) is 12.5 Å². The predicted octanol–water partition coefficient (Wildman–Crippen LogP) is 1.45. The molecule has 1 aliphatic carbocycles. The zero-order chi connectivity index (χ0) is 9.90. The topological polar surface area (TPSA) is 52.9 Å². The second-order valence-corrected chi connectivity index (χ2v) is 4.41. The van der Waals surface area contributed by atoms with Gasteiger partial charge in [-0.25, -0.2) is 0 Å². The molecule has 0 unspecified atom stereocenters. The lowest BCUT2D eigenvalue weighted by Gasteiger charge is -2.40. The summed E-state index contributed by atoms with van der Waals surface area (Å²) in [5.74, 6) is 0.193. The van der Waals surface area contributed by atoms with Gasteiger partial charge in [0, 0.05) is 6.54 Å². The Balaban J connectivity index is 2.34. The predicted molar refractivity (Wildman–Crippen MR) is 49.7 cm³/mol. The first-order valence-corrected chi connectivity index (χ1v) is 4.74. The molecule has 1 saturated carbocycles. The molecule has 13 heavy (non-hydrogen) atoms. The quantitative estimate of drug-likeness (QED) is 0.668. The Labute approximate surface area is 79.1 Å². The summed E-state index contributed by atoms with van der Waals surface area (Å²) in [6.07, 6.45) is 3.82. The van der Waals surface area contributed by atoms with E-state index in [1.807, 2.05) is 0 Å². The molecule has 0 aromatic carbocycles. The molecule has 0 aromatic heterocycles. The van der Waals surface area contributed by atoms with E-state index in [1.54, 1.807) is 6.07 Å². The largest absolute Gasteiger partial charge is 0.343 e. The summed E-state index contributed by atoms with van der Waals surface area (Å²) in [6, 6.07) is 1.56. The van der Waals surface area contributed by atoms with Crippen molar-refractivity contribution in [3.05, 3.63) is 0 Å². The minimum Gasteiger partial charge on any atom is -0.343 e. The van der Waals surface area contributed by atoms with Gasteiger partial charge in [0.1, 0.15) is 0 Å². The molecule has 0 heterocycles. The van der Waals surface area contributed by atoms with Crippen molar-refractivity contribution in [2.24, 2.45) is 11.3 Å². The van der Waals surface area contributed by atoms with Crippen LogP contribution >= 0.6 is 0 Å². The lowest BCUT2D eigenvalue weighted by molar-refractivity contribution is -0.116. The standard InChI is InChI=1S/C10H16N2O/c1-10(2,8-4-3-5-8)7-12-9(13)6-11/h8H,3-5,7H2,1-2H3,(H,12,13). The molecule has 1 rings (SSSR count). The van der Waals surface area contributed by atoms with Crippen molar-refractivity contribution >= 4 is 5.91 Å². The first kappa shape index (κ1) is 10.0. The normalized spacial score (nSPS) is 17.3. The molecule has 0 radical (unpaired) electrons. The fourth-order valence-electron chi connectivity index (χ4n) is 1.68. The van der Waals surface area contributed by atoms with Crippen molar-refractivity contribution in [3.8, 4) is 6.07 Å². The highest BCUT2D eigenvalue weighted by Crippen LogP contribution is 2.40. The second kappa shape index (κ2) is 3.78. The van der Waals surface area contributed by atoms with Gasteiger partial charge in [-0.2, -0.15) is 5.26 Å². The Morgan fingerprint density at radius 2 is 2.23 bits per heavy atom. The van der Waals surface area contributed by atoms with Crippen LogP contribution in [-0.2, 0) is 4.79 Å². The van der Waals surface area contributed by atoms with Crippen molar-refractivity contribution < 1.29 is 4.79 Å². The lowest BCUT2D eigenvalue weighted by Crippen LogP contribution is -2.40. The van der Waals surface area contributed by atoms with Crippen LogP contribution in [0.5, 0.6) is 0 Å². The highest BCUT2D eigenvalue weighted by molar-refractivity contribution is 5.91. The van der Waals surface area contributed by atoms with Gasteiger partial charge in [-0.15, -0.1) is 0 Å². The SMILES string of the molecule is CC(C)(CNC(=O)C#N)C1CCC1. The van der Waals surface area contributed by atoms with Crippen molar-refractivity contribution in [2.75, 3.05) is 6.54 Å². The Morgan fingerprint density at radius 1 is 1.62 bits per heavy atom. The number of hydrogen-bond acceptors (Lipinski definition) is 2. The molecule has 1 aliphatic rings. The summed E-state index contributed by atoms with van der Waals surface area (Å²) < 4.78 is 0. The van der Waals surface area contributed by atoms with E-state index < -0.39 is 5.91 Å². The van der Waals surface area contributed by atoms with E-state index in [-0.39, 0.29) is 5.41 Å². The Bertz CT molecular complexity index is 236. The van der Waals surface area contributed by atoms with Gasteiger partial charge in [-0.05, 0) is 24.2 Å². The van der Waals surface area contributed by atoms with Gasteiger partial charge < -0.3 is 5.32 Å². The van der Waals surface area contributed by atoms with Crippen molar-refractivity contribution in [1.82, 2.24) is 5.32 Å². The van der Waals surface area contributed by atoms with Gasteiger partial charge in [-0.1, -0.05) is 20.3 Å². The molecular formula is C10H16N2O. The highest BCUT2D eigenvalue weighted by Gasteiger charge is 2.33. The van der Waals surface area contributed by atoms with Gasteiger partial charge >= 0.3 is 5.91 Å². The average Bonchev–Trinajstić information content (AvgIpc) is 1.96. The summed E-state index contributed by atoms with van der Waals surface area (Å²) >= 11 is 0. The van der Waals surface area contributed by atoms with Gasteiger partial charge in [0.25, 0.3) is 0 Å². The minimum absolute atomic E-state index is 0.144. The van der Waals surface area contributed by atoms with Crippen molar-refractivity contribution in [2.45, 2.75) is 33.1 Å². The molecular weight excluding hydrogens is 164 g/mol. The zero-order valence-electron chi connectivity index (χ0n) is 8.26. The Kier molecular flexibility index (Phi) is 2.92. The van der Waals surface area contributed by atoms with E-state index in [2.05, 4.69) is 19.2 Å². The van der Waals surface area contributed by atoms with E-state index in [1.165, 1.54) is 19.3 Å². The number of nitriles is 1. The molecule has 0 atom stereocenters. The number of carbonyl (C=O) groups excluding carboxylic acids is 1. The molecule has 0 spiro atoms. The fourth-order valence-corrected chi connectivity index (χ4v) is 1.68. The third-order valence-electron chi connectivity index (χ3n) is 3.02. The number of carbonyl (C=O) groups is 1. The molecule has 1 amide bonds. The third kappa shape index (κ3) is 2.45. The molecule has 0 saturated heterocycles. The molecule has 3 nitrogen and oxygen atoms in total. The van der Waals surface area contributed by atoms with E-state index in [0.29, 0.717) is 12.5 Å². The Hall–Kier alpha value is -1.04. The molecule has 72 valence electrons. The summed E-state index contributed by atoms with van der Waals surface area (Å²) in [5, 5.41) is 10.9. The van der Waals surface area contributed by atoms with E-state index in [9.17, 15) is 4.79 Å². The molecule has 0 aliphatic heterocycles. The van der Waals surface area contributed by atoms with Crippen LogP contribution < -0.4 is 5.32 Å². The number of nitrogens with zero attached hydrogens (tertiary/aromatic N) is 1. The van der Waals surface area contributed by atoms with Crippen LogP contribution in [0.15, 0.2) is 0 Å². The maximum Gasteiger partial charge on any atom is 0.322 e. The van der Waals surface area contributed by atoms with Crippen LogP contribution in [0.2, 0.25) is 0 Å². The molecule has 0 aromatic rings. The van der Waals surface area contributed by atoms with Gasteiger partial charge in [-0.3, -0.25) is 4.79 Å². The molecule has 1 N–H and O–H groups in total. The maximum absolute atomic E-state index is 10.7. The number of nitrogens with one attached hydrogen (secondary N) is 1. The fraction of sp³-hybridized carbons (Fsp3) is 0.800. The van der Waals surface area contributed by atoms with E-state index >= 15 is 0 Å². The number of amides is 1. The summed E-state index contributed by atoms with van der Waals surface area (Å²) in [6.45, 7) is 4.91. The lowest BCUT2D eigenvalue weighted by atomic mass is 9.67. The van der Waals surface area contributed by atoms with Crippen molar-refractivity contribution in [3.63, 3.8) is 0 Å². The smallest absolute Gasteiger partial charge is 0.322 e. The summed E-state index contributed by atoms with van der Waals surface area (Å²) in [7, 11) is 0. The monoisotopic (exact) mass is 180 g/mol. The number of hydrogen-bond donors (Lipinski definition) is 1. The Morgan fingerprint density at radius 3 is 2.62 bits per heavy atom. The average molecular weight is 180 g/mol. The van der Waals surface area contributed by atoms with Crippen molar-refractivity contribution in [1.29, 1.82) is 5.26 Å². The first-order chi connectivity index (χ1) is 6.06. The van der Waals surface area contributed by atoms with E-state index in [4.69, 9.17) is 5.26 Å². The van der Waals surface area contributed by atoms with Crippen LogP contribution in [0.3, 0.4) is 0 Å². The molecule has 0 bridgehead atoms. The minimum atomic E-state index is -0.521. The van der Waals surface area contributed by atoms with Gasteiger partial charge in [0.15, 0.2) is 6.07 Å². The van der Waals surface area contributed by atoms with E-state index in [0.717, 1.165) is 0 Å². The summed E-state index contributed by atoms with van der Waals surface area (Å²) in [4.78, 5) is 10.7. The summed E-state index contributed by atoms with van der Waals surface area (Å²) in [5.41, 5.74) is 0.144. The van der Waals surface area contributed by atoms with Crippen LogP contribution in [0.4, 0.5) is 0 Å². The second-order valence-electron chi connectivity index (χ2n) is 4.41. The zero-order valence-corrected chi connectivity index (χ0v) is 8.26.